The molecule has 1 amide bonds. The van der Waals surface area contributed by atoms with Crippen molar-refractivity contribution in [1.82, 2.24) is 10.3 Å². The van der Waals surface area contributed by atoms with Gasteiger partial charge in [0.05, 0.1) is 0 Å². The molecule has 116 valence electrons. The number of fused-ring (bicyclic) bond motifs is 1. The highest BCUT2D eigenvalue weighted by atomic mass is 16.5. The molecule has 0 radical (unpaired) electrons. The van der Waals surface area contributed by atoms with E-state index in [1.807, 2.05) is 25.1 Å². The second kappa shape index (κ2) is 6.80. The molecule has 2 aromatic rings. The number of carbonyl (C=O) groups excluding carboxylic acids is 1. The number of benzene rings is 1. The second-order valence-corrected chi connectivity index (χ2v) is 4.94. The van der Waals surface area contributed by atoms with E-state index in [2.05, 4.69) is 16.9 Å². The highest BCUT2D eigenvalue weighted by Crippen LogP contribution is 2.23. The summed E-state index contributed by atoms with van der Waals surface area (Å²) in [6.45, 7) is 5.42. The first-order valence-corrected chi connectivity index (χ1v) is 6.85. The summed E-state index contributed by atoms with van der Waals surface area (Å²) in [4.78, 5) is 26.0. The third-order valence-electron chi connectivity index (χ3n) is 3.34. The summed E-state index contributed by atoms with van der Waals surface area (Å²) in [5.74, 6) is -1.11. The van der Waals surface area contributed by atoms with Crippen molar-refractivity contribution in [3.8, 4) is 0 Å². The van der Waals surface area contributed by atoms with E-state index in [0.29, 0.717) is 0 Å². The average molecular weight is 302 g/mol. The number of ether oxygens (including phenoxy) is 1. The van der Waals surface area contributed by atoms with Gasteiger partial charge in [-0.3, -0.25) is 0 Å². The Morgan fingerprint density at radius 2 is 2.27 bits per heavy atom. The molecule has 0 saturated carbocycles. The summed E-state index contributed by atoms with van der Waals surface area (Å²) in [5.41, 5.74) is 2.82. The Morgan fingerprint density at radius 3 is 2.95 bits per heavy atom. The molecule has 0 aliphatic heterocycles. The fourth-order valence-corrected chi connectivity index (χ4v) is 2.35. The van der Waals surface area contributed by atoms with Crippen LogP contribution in [0.15, 0.2) is 37.1 Å². The van der Waals surface area contributed by atoms with Gasteiger partial charge in [0.15, 0.2) is 0 Å². The van der Waals surface area contributed by atoms with Crippen molar-refractivity contribution in [3.05, 3.63) is 48.2 Å². The largest absolute Gasteiger partial charge is 0.480 e. The third-order valence-corrected chi connectivity index (χ3v) is 3.34. The Bertz CT molecular complexity index is 705. The van der Waals surface area contributed by atoms with Crippen LogP contribution in [0.25, 0.3) is 10.9 Å². The SMILES string of the molecule is C=CCOC(=O)NC(Cc1c[nH]c2cccc(C)c12)C(=O)O. The van der Waals surface area contributed by atoms with Gasteiger partial charge in [0.25, 0.3) is 0 Å². The standard InChI is InChI=1S/C16H18N2O4/c1-3-7-22-16(21)18-13(15(19)20)8-11-9-17-12-6-4-5-10(2)14(11)12/h3-6,9,13,17H,1,7-8H2,2H3,(H,18,21)(H,19,20). The van der Waals surface area contributed by atoms with Crippen LogP contribution in [0.3, 0.4) is 0 Å². The Morgan fingerprint density at radius 1 is 1.50 bits per heavy atom. The quantitative estimate of drug-likeness (QED) is 0.714. The number of hydrogen-bond acceptors (Lipinski definition) is 3. The number of carboxylic acids is 1. The van der Waals surface area contributed by atoms with Crippen molar-refractivity contribution >= 4 is 23.0 Å². The zero-order valence-corrected chi connectivity index (χ0v) is 12.3. The minimum Gasteiger partial charge on any atom is -0.480 e. The van der Waals surface area contributed by atoms with E-state index < -0.39 is 18.1 Å². The molecule has 0 aliphatic rings. The van der Waals surface area contributed by atoms with E-state index in [9.17, 15) is 14.7 Å². The minimum absolute atomic E-state index is 0.0321. The molecule has 0 fully saturated rings. The van der Waals surface area contributed by atoms with Gasteiger partial charge in [0.2, 0.25) is 0 Å². The summed E-state index contributed by atoms with van der Waals surface area (Å²) in [6, 6.07) is 4.75. The van der Waals surface area contributed by atoms with Crippen molar-refractivity contribution in [2.45, 2.75) is 19.4 Å². The zero-order chi connectivity index (χ0) is 16.1. The normalized spacial score (nSPS) is 11.9. The van der Waals surface area contributed by atoms with Crippen LogP contribution in [0, 0.1) is 6.92 Å². The number of aryl methyl sites for hydroxylation is 1. The smallest absolute Gasteiger partial charge is 0.408 e. The summed E-state index contributed by atoms with van der Waals surface area (Å²) >= 11 is 0. The lowest BCUT2D eigenvalue weighted by molar-refractivity contribution is -0.139. The molecular weight excluding hydrogens is 284 g/mol. The van der Waals surface area contributed by atoms with Crippen LogP contribution in [-0.2, 0) is 16.0 Å². The van der Waals surface area contributed by atoms with Gasteiger partial charge in [-0.05, 0) is 24.1 Å². The Balaban J connectivity index is 2.18. The summed E-state index contributed by atoms with van der Waals surface area (Å²) in [5, 5.41) is 12.6. The van der Waals surface area contributed by atoms with Crippen molar-refractivity contribution < 1.29 is 19.4 Å². The molecule has 1 unspecified atom stereocenters. The van der Waals surface area contributed by atoms with Crippen molar-refractivity contribution in [2.75, 3.05) is 6.61 Å². The third kappa shape index (κ3) is 3.46. The van der Waals surface area contributed by atoms with Crippen LogP contribution >= 0.6 is 0 Å². The first-order chi connectivity index (χ1) is 10.5. The van der Waals surface area contributed by atoms with Crippen LogP contribution in [0.1, 0.15) is 11.1 Å². The number of carbonyl (C=O) groups is 2. The zero-order valence-electron chi connectivity index (χ0n) is 12.3. The van der Waals surface area contributed by atoms with E-state index in [1.54, 1.807) is 6.20 Å². The molecule has 6 nitrogen and oxygen atoms in total. The maximum atomic E-state index is 11.5. The average Bonchev–Trinajstić information content (AvgIpc) is 2.89. The molecule has 22 heavy (non-hydrogen) atoms. The number of H-pyrrole nitrogens is 1. The van der Waals surface area contributed by atoms with Crippen LogP contribution < -0.4 is 5.32 Å². The predicted octanol–water partition coefficient (Wildman–Crippen LogP) is 2.38. The first-order valence-electron chi connectivity index (χ1n) is 6.85. The van der Waals surface area contributed by atoms with Gasteiger partial charge < -0.3 is 20.1 Å². The van der Waals surface area contributed by atoms with Crippen LogP contribution in [0.2, 0.25) is 0 Å². The number of amides is 1. The Labute approximate surface area is 127 Å². The number of carboxylic acid groups (broad SMARTS) is 1. The van der Waals surface area contributed by atoms with Gasteiger partial charge in [-0.25, -0.2) is 9.59 Å². The molecule has 0 aliphatic carbocycles. The molecule has 1 atom stereocenters. The van der Waals surface area contributed by atoms with Crippen LogP contribution in [-0.4, -0.2) is 34.8 Å². The number of aromatic amines is 1. The molecule has 2 rings (SSSR count). The molecule has 6 heteroatoms. The maximum absolute atomic E-state index is 11.5. The van der Waals surface area contributed by atoms with E-state index >= 15 is 0 Å². The summed E-state index contributed by atoms with van der Waals surface area (Å²) in [6.07, 6.45) is 2.58. The molecule has 1 heterocycles. The fourth-order valence-electron chi connectivity index (χ4n) is 2.35. The maximum Gasteiger partial charge on any atom is 0.408 e. The van der Waals surface area contributed by atoms with E-state index in [4.69, 9.17) is 4.74 Å². The molecule has 1 aromatic heterocycles. The number of aliphatic carboxylic acids is 1. The van der Waals surface area contributed by atoms with Crippen molar-refractivity contribution in [1.29, 1.82) is 0 Å². The lowest BCUT2D eigenvalue weighted by Gasteiger charge is -2.14. The van der Waals surface area contributed by atoms with Gasteiger partial charge in [0, 0.05) is 23.5 Å². The summed E-state index contributed by atoms with van der Waals surface area (Å²) < 4.78 is 4.76. The highest BCUT2D eigenvalue weighted by molar-refractivity contribution is 5.88. The fraction of sp³-hybridized carbons (Fsp3) is 0.250. The molecular formula is C16H18N2O4. The Hall–Kier alpha value is -2.76. The number of rotatable bonds is 6. The van der Waals surface area contributed by atoms with Crippen LogP contribution in [0.5, 0.6) is 0 Å². The van der Waals surface area contributed by atoms with Crippen molar-refractivity contribution in [3.63, 3.8) is 0 Å². The number of nitrogens with one attached hydrogen (secondary N) is 2. The van der Waals surface area contributed by atoms with Gasteiger partial charge >= 0.3 is 12.1 Å². The number of alkyl carbamates (subject to hydrolysis) is 1. The van der Waals surface area contributed by atoms with Crippen molar-refractivity contribution in [2.24, 2.45) is 0 Å². The summed E-state index contributed by atoms with van der Waals surface area (Å²) in [7, 11) is 0. The van der Waals surface area contributed by atoms with E-state index in [-0.39, 0.29) is 13.0 Å². The van der Waals surface area contributed by atoms with Gasteiger partial charge in [-0.1, -0.05) is 24.8 Å². The van der Waals surface area contributed by atoms with E-state index in [0.717, 1.165) is 22.0 Å². The lowest BCUT2D eigenvalue weighted by Crippen LogP contribution is -2.42. The first kappa shape index (κ1) is 15.6. The topological polar surface area (TPSA) is 91.4 Å². The molecule has 0 saturated heterocycles. The van der Waals surface area contributed by atoms with Gasteiger partial charge in [-0.15, -0.1) is 0 Å². The number of hydrogen-bond donors (Lipinski definition) is 3. The second-order valence-electron chi connectivity index (χ2n) is 4.94. The molecule has 0 bridgehead atoms. The monoisotopic (exact) mass is 302 g/mol. The lowest BCUT2D eigenvalue weighted by atomic mass is 10.0. The molecule has 3 N–H and O–H groups in total. The van der Waals surface area contributed by atoms with Gasteiger partial charge in [0.1, 0.15) is 12.6 Å². The number of aromatic nitrogens is 1. The Kier molecular flexibility index (Phi) is 4.83. The minimum atomic E-state index is -1.11. The van der Waals surface area contributed by atoms with Crippen LogP contribution in [0.4, 0.5) is 4.79 Å². The molecule has 1 aromatic carbocycles. The highest BCUT2D eigenvalue weighted by Gasteiger charge is 2.22. The predicted molar refractivity (Wildman–Crippen MR) is 82.8 cm³/mol. The molecule has 0 spiro atoms. The van der Waals surface area contributed by atoms with E-state index in [1.165, 1.54) is 6.08 Å². The van der Waals surface area contributed by atoms with Gasteiger partial charge in [-0.2, -0.15) is 0 Å².